The monoisotopic (exact) mass is 538 g/mol. The van der Waals surface area contributed by atoms with Crippen LogP contribution in [0.15, 0.2) is 48.5 Å². The summed E-state index contributed by atoms with van der Waals surface area (Å²) in [5.74, 6) is 0.824. The molecular formula is C31H27ClN4O3. The minimum atomic E-state index is -1.63. The Bertz CT molecular complexity index is 1490. The third-order valence-electron chi connectivity index (χ3n) is 10.3. The van der Waals surface area contributed by atoms with Crippen LogP contribution in [0, 0.1) is 61.4 Å². The van der Waals surface area contributed by atoms with Gasteiger partial charge in [0, 0.05) is 23.1 Å². The molecule has 1 saturated heterocycles. The van der Waals surface area contributed by atoms with Crippen LogP contribution >= 0.6 is 11.6 Å². The summed E-state index contributed by atoms with van der Waals surface area (Å²) in [6.45, 7) is 0. The van der Waals surface area contributed by atoms with Crippen molar-refractivity contribution in [2.24, 2.45) is 28.6 Å². The first kappa shape index (κ1) is 24.4. The van der Waals surface area contributed by atoms with E-state index < -0.39 is 33.8 Å². The summed E-state index contributed by atoms with van der Waals surface area (Å²) in [6.07, 6.45) is 9.88. The molecule has 0 aromatic heterocycles. The van der Waals surface area contributed by atoms with Gasteiger partial charge in [-0.2, -0.15) is 10.5 Å². The van der Waals surface area contributed by atoms with Crippen LogP contribution in [0.5, 0.6) is 0 Å². The highest BCUT2D eigenvalue weighted by Crippen LogP contribution is 2.64. The van der Waals surface area contributed by atoms with Gasteiger partial charge in [-0.15, -0.1) is 0 Å². The molecule has 2 heterocycles. The van der Waals surface area contributed by atoms with Crippen molar-refractivity contribution in [1.29, 1.82) is 10.5 Å². The second-order valence-corrected chi connectivity index (χ2v) is 12.7. The minimum Gasteiger partial charge on any atom is -0.351 e. The van der Waals surface area contributed by atoms with Crippen LogP contribution < -0.4 is 4.90 Å². The van der Waals surface area contributed by atoms with E-state index in [4.69, 9.17) is 11.6 Å². The Hall–Kier alpha value is -3.68. The first-order chi connectivity index (χ1) is 18.8. The van der Waals surface area contributed by atoms with Crippen molar-refractivity contribution in [2.45, 2.75) is 56.5 Å². The van der Waals surface area contributed by atoms with E-state index in [1.165, 1.54) is 31.4 Å². The number of ketones is 1. The average molecular weight is 539 g/mol. The van der Waals surface area contributed by atoms with E-state index in [2.05, 4.69) is 12.1 Å². The molecule has 196 valence electrons. The van der Waals surface area contributed by atoms with Crippen molar-refractivity contribution in [3.8, 4) is 12.1 Å². The highest BCUT2D eigenvalue weighted by molar-refractivity contribution is 6.32. The fourth-order valence-corrected chi connectivity index (χ4v) is 9.38. The molecule has 5 fully saturated rings. The Morgan fingerprint density at radius 2 is 1.67 bits per heavy atom. The maximum atomic E-state index is 15.1. The van der Waals surface area contributed by atoms with Gasteiger partial charge in [-0.1, -0.05) is 48.0 Å². The van der Waals surface area contributed by atoms with Crippen molar-refractivity contribution in [3.63, 3.8) is 0 Å². The van der Waals surface area contributed by atoms with Gasteiger partial charge in [-0.05, 0) is 79.5 Å². The van der Waals surface area contributed by atoms with Gasteiger partial charge in [0.25, 0.3) is 5.69 Å². The van der Waals surface area contributed by atoms with E-state index in [1.807, 2.05) is 41.3 Å². The number of rotatable bonds is 4. The van der Waals surface area contributed by atoms with Crippen LogP contribution in [0.25, 0.3) is 6.08 Å². The molecule has 0 radical (unpaired) electrons. The van der Waals surface area contributed by atoms with Crippen LogP contribution in [0.4, 0.5) is 11.4 Å². The molecule has 4 bridgehead atoms. The molecule has 0 amide bonds. The van der Waals surface area contributed by atoms with Crippen molar-refractivity contribution in [2.75, 3.05) is 4.90 Å². The topological polar surface area (TPSA) is 111 Å². The quantitative estimate of drug-likeness (QED) is 0.327. The number of anilines is 1. The predicted octanol–water partition coefficient (Wildman–Crippen LogP) is 6.44. The fourth-order valence-electron chi connectivity index (χ4n) is 9.20. The predicted molar refractivity (Wildman–Crippen MR) is 146 cm³/mol. The zero-order chi connectivity index (χ0) is 27.1. The average Bonchev–Trinajstić information content (AvgIpc) is 3.23. The van der Waals surface area contributed by atoms with Crippen LogP contribution in [0.2, 0.25) is 5.02 Å². The number of nitriles is 2. The molecule has 2 aromatic carbocycles. The van der Waals surface area contributed by atoms with E-state index in [0.717, 1.165) is 30.5 Å². The van der Waals surface area contributed by atoms with Gasteiger partial charge >= 0.3 is 0 Å². The molecule has 2 aromatic rings. The van der Waals surface area contributed by atoms with Gasteiger partial charge < -0.3 is 4.90 Å². The van der Waals surface area contributed by atoms with E-state index in [1.54, 1.807) is 6.07 Å². The third-order valence-corrected chi connectivity index (χ3v) is 10.6. The number of halogens is 1. The number of nitro benzene ring substituents is 1. The molecule has 8 heteroatoms. The Morgan fingerprint density at radius 1 is 1.03 bits per heavy atom. The van der Waals surface area contributed by atoms with Gasteiger partial charge in [0.2, 0.25) is 0 Å². The Kier molecular flexibility index (Phi) is 5.25. The molecule has 4 saturated carbocycles. The summed E-state index contributed by atoms with van der Waals surface area (Å²) in [5.41, 5.74) is -0.247. The van der Waals surface area contributed by atoms with Crippen molar-refractivity contribution >= 4 is 34.8 Å². The van der Waals surface area contributed by atoms with Crippen LogP contribution in [0.3, 0.4) is 0 Å². The number of benzene rings is 2. The highest BCUT2D eigenvalue weighted by atomic mass is 35.5. The number of fused-ring (bicyclic) bond motifs is 3. The number of carbonyl (C=O) groups excluding carboxylic acids is 1. The summed E-state index contributed by atoms with van der Waals surface area (Å²) in [6, 6.07) is 15.4. The van der Waals surface area contributed by atoms with Gasteiger partial charge in [-0.3, -0.25) is 14.9 Å². The number of hydrogen-bond donors (Lipinski definition) is 0. The second kappa shape index (κ2) is 8.41. The normalized spacial score (nSPS) is 34.6. The number of para-hydroxylation sites is 1. The number of carbonyl (C=O) groups is 1. The number of nitro groups is 1. The molecule has 8 rings (SSSR count). The zero-order valence-corrected chi connectivity index (χ0v) is 22.1. The van der Waals surface area contributed by atoms with Crippen molar-refractivity contribution in [1.82, 2.24) is 0 Å². The summed E-state index contributed by atoms with van der Waals surface area (Å²) >= 11 is 6.18. The summed E-state index contributed by atoms with van der Waals surface area (Å²) in [4.78, 5) is 28.4. The molecule has 2 aliphatic heterocycles. The maximum Gasteiger partial charge on any atom is 0.288 e. The molecule has 0 unspecified atom stereocenters. The van der Waals surface area contributed by atoms with Crippen molar-refractivity contribution < 1.29 is 9.72 Å². The van der Waals surface area contributed by atoms with E-state index >= 15 is 4.79 Å². The zero-order valence-electron chi connectivity index (χ0n) is 21.3. The maximum absolute atomic E-state index is 15.1. The van der Waals surface area contributed by atoms with Gasteiger partial charge in [-0.25, -0.2) is 0 Å². The lowest BCUT2D eigenvalue weighted by atomic mass is 9.47. The fraction of sp³-hybridized carbons (Fsp3) is 0.452. The smallest absolute Gasteiger partial charge is 0.288 e. The molecule has 4 aliphatic carbocycles. The van der Waals surface area contributed by atoms with E-state index in [9.17, 15) is 20.6 Å². The Morgan fingerprint density at radius 3 is 2.28 bits per heavy atom. The molecule has 0 N–H and O–H groups in total. The third kappa shape index (κ3) is 3.29. The molecule has 6 aliphatic rings. The van der Waals surface area contributed by atoms with Gasteiger partial charge in [0.05, 0.1) is 29.1 Å². The van der Waals surface area contributed by atoms with Crippen LogP contribution in [-0.4, -0.2) is 22.8 Å². The lowest BCUT2D eigenvalue weighted by Crippen LogP contribution is -2.56. The van der Waals surface area contributed by atoms with E-state index in [-0.39, 0.29) is 16.5 Å². The standard InChI is InChI=1S/C31H27ClN4O3/c32-23-7-5-22(12-25(23)36(38)39)27-28(29(37)30-13-18-9-19(14-30)11-20(10-18)15-30)35-24-4-2-1-3-21(24)6-8-26(35)31(27,16-33)17-34/h1-8,12,18-20,26-28H,9-11,13-15H2/t18?,19?,20?,26-,27+,28+,30?/m0/s1. The number of hydrogen-bond acceptors (Lipinski definition) is 6. The Balaban J connectivity index is 1.46. The first-order valence-electron chi connectivity index (χ1n) is 13.7. The number of nitrogens with zero attached hydrogens (tertiary/aromatic N) is 4. The summed E-state index contributed by atoms with van der Waals surface area (Å²) < 4.78 is 0. The van der Waals surface area contributed by atoms with Gasteiger partial charge in [0.15, 0.2) is 11.2 Å². The van der Waals surface area contributed by atoms with Crippen LogP contribution in [0.1, 0.15) is 55.6 Å². The highest BCUT2D eigenvalue weighted by Gasteiger charge is 2.67. The molecule has 39 heavy (non-hydrogen) atoms. The second-order valence-electron chi connectivity index (χ2n) is 12.3. The molecular weight excluding hydrogens is 512 g/mol. The van der Waals surface area contributed by atoms with Crippen LogP contribution in [-0.2, 0) is 4.79 Å². The van der Waals surface area contributed by atoms with E-state index in [0.29, 0.717) is 23.3 Å². The minimum absolute atomic E-state index is 0.0202. The number of Topliss-reactive ketones (excluding diaryl/α,β-unsaturated/α-hetero) is 1. The SMILES string of the molecule is N#CC1(C#N)[C@H](c2ccc(Cl)c([N+](=O)[O-])c2)[C@H](C(=O)C23CC4CC(CC(C4)C2)C3)N2c3ccccc3C=C[C@H]21. The Labute approximate surface area is 231 Å². The lowest BCUT2D eigenvalue weighted by Gasteiger charge is -2.57. The molecule has 3 atom stereocenters. The summed E-state index contributed by atoms with van der Waals surface area (Å²) in [7, 11) is 0. The largest absolute Gasteiger partial charge is 0.351 e. The molecule has 0 spiro atoms. The van der Waals surface area contributed by atoms with Crippen molar-refractivity contribution in [3.05, 3.63) is 74.8 Å². The van der Waals surface area contributed by atoms with Gasteiger partial charge in [0.1, 0.15) is 5.02 Å². The lowest BCUT2D eigenvalue weighted by molar-refractivity contribution is -0.384. The molecule has 7 nitrogen and oxygen atoms in total. The first-order valence-corrected chi connectivity index (χ1v) is 14.0. The summed E-state index contributed by atoms with van der Waals surface area (Å²) in [5, 5.41) is 33.2.